The van der Waals surface area contributed by atoms with Crippen LogP contribution in [0.15, 0.2) is 77.9 Å². The average molecular weight is 328 g/mol. The lowest BCUT2D eigenvalue weighted by Gasteiger charge is -2.14. The lowest BCUT2D eigenvalue weighted by atomic mass is 9.90. The number of hydrogen-bond donors (Lipinski definition) is 0. The number of nitrogens with zero attached hydrogens (tertiary/aromatic N) is 2. The fourth-order valence-corrected chi connectivity index (χ4v) is 3.22. The number of hydrogen-bond acceptors (Lipinski definition) is 3. The Kier molecular flexibility index (Phi) is 3.65. The number of para-hydroxylation sites is 1. The molecule has 0 bridgehead atoms. The number of Topliss-reactive ketones (excluding diaryl/α,β-unsaturated/α-hetero) is 1. The highest BCUT2D eigenvalue weighted by atomic mass is 16.2. The number of anilines is 1. The molecule has 3 aromatic rings. The largest absolute Gasteiger partial charge is 0.293 e. The summed E-state index contributed by atoms with van der Waals surface area (Å²) in [6.45, 7) is 1.73. The van der Waals surface area contributed by atoms with Gasteiger partial charge in [0.25, 0.3) is 5.91 Å². The van der Waals surface area contributed by atoms with Gasteiger partial charge in [-0.25, -0.2) is 0 Å². The Morgan fingerprint density at radius 1 is 0.920 bits per heavy atom. The summed E-state index contributed by atoms with van der Waals surface area (Å²) in [5.41, 5.74) is 1.74. The minimum atomic E-state index is -0.869. The molecule has 1 heterocycles. The molecule has 4 rings (SSSR count). The van der Waals surface area contributed by atoms with Gasteiger partial charge in [0.2, 0.25) is 0 Å². The summed E-state index contributed by atoms with van der Waals surface area (Å²) in [5.74, 6) is -1.38. The first-order chi connectivity index (χ1) is 12.2. The molecule has 1 atom stereocenters. The molecule has 1 aliphatic heterocycles. The molecule has 1 aliphatic rings. The third-order valence-electron chi connectivity index (χ3n) is 4.45. The Bertz CT molecular complexity index is 1000. The Morgan fingerprint density at radius 3 is 2.40 bits per heavy atom. The number of fused-ring (bicyclic) bond motifs is 1. The van der Waals surface area contributed by atoms with Gasteiger partial charge in [-0.1, -0.05) is 60.7 Å². The van der Waals surface area contributed by atoms with Gasteiger partial charge in [0.05, 0.1) is 11.4 Å². The second-order valence-electron chi connectivity index (χ2n) is 6.05. The quantitative estimate of drug-likeness (QED) is 0.538. The lowest BCUT2D eigenvalue weighted by molar-refractivity contribution is -0.118. The van der Waals surface area contributed by atoms with Crippen molar-refractivity contribution in [3.63, 3.8) is 0 Å². The number of ketones is 1. The molecule has 3 aromatic carbocycles. The first-order valence-electron chi connectivity index (χ1n) is 8.13. The topological polar surface area (TPSA) is 49.7 Å². The SMILES string of the molecule is CC1=NN(c2ccccc2)C(=O)[C@@H]1C(=O)c1cccc2ccccc12. The zero-order valence-electron chi connectivity index (χ0n) is 13.7. The highest BCUT2D eigenvalue weighted by Crippen LogP contribution is 2.28. The van der Waals surface area contributed by atoms with Crippen LogP contribution in [-0.2, 0) is 4.79 Å². The van der Waals surface area contributed by atoms with E-state index in [1.807, 2.05) is 54.6 Å². The smallest absolute Gasteiger partial charge is 0.264 e. The molecule has 0 spiro atoms. The van der Waals surface area contributed by atoms with Gasteiger partial charge in [0, 0.05) is 5.56 Å². The summed E-state index contributed by atoms with van der Waals surface area (Å²) in [6.07, 6.45) is 0. The molecular weight excluding hydrogens is 312 g/mol. The van der Waals surface area contributed by atoms with Crippen molar-refractivity contribution in [2.24, 2.45) is 11.0 Å². The van der Waals surface area contributed by atoms with E-state index >= 15 is 0 Å². The van der Waals surface area contributed by atoms with E-state index in [1.54, 1.807) is 25.1 Å². The fourth-order valence-electron chi connectivity index (χ4n) is 3.22. The average Bonchev–Trinajstić information content (AvgIpc) is 2.96. The predicted molar refractivity (Wildman–Crippen MR) is 98.8 cm³/mol. The van der Waals surface area contributed by atoms with E-state index in [2.05, 4.69) is 5.10 Å². The van der Waals surface area contributed by atoms with Gasteiger partial charge in [-0.3, -0.25) is 9.59 Å². The minimum absolute atomic E-state index is 0.207. The summed E-state index contributed by atoms with van der Waals surface area (Å²) in [7, 11) is 0. The number of rotatable bonds is 3. The van der Waals surface area contributed by atoms with Crippen LogP contribution in [0.1, 0.15) is 17.3 Å². The van der Waals surface area contributed by atoms with Crippen LogP contribution >= 0.6 is 0 Å². The van der Waals surface area contributed by atoms with Crippen LogP contribution in [0.4, 0.5) is 5.69 Å². The van der Waals surface area contributed by atoms with Gasteiger partial charge >= 0.3 is 0 Å². The Morgan fingerprint density at radius 2 is 1.60 bits per heavy atom. The van der Waals surface area contributed by atoms with Crippen molar-refractivity contribution in [3.8, 4) is 0 Å². The number of carbonyl (C=O) groups excluding carboxylic acids is 2. The molecule has 0 radical (unpaired) electrons. The van der Waals surface area contributed by atoms with Gasteiger partial charge in [0.1, 0.15) is 5.92 Å². The van der Waals surface area contributed by atoms with Gasteiger partial charge in [-0.2, -0.15) is 10.1 Å². The van der Waals surface area contributed by atoms with Crippen molar-refractivity contribution in [1.29, 1.82) is 0 Å². The highest BCUT2D eigenvalue weighted by Gasteiger charge is 2.40. The van der Waals surface area contributed by atoms with E-state index in [0.29, 0.717) is 17.0 Å². The van der Waals surface area contributed by atoms with Crippen molar-refractivity contribution in [1.82, 2.24) is 0 Å². The van der Waals surface area contributed by atoms with E-state index in [-0.39, 0.29) is 11.7 Å². The van der Waals surface area contributed by atoms with Crippen molar-refractivity contribution in [2.45, 2.75) is 6.92 Å². The zero-order valence-corrected chi connectivity index (χ0v) is 13.7. The fraction of sp³-hybridized carbons (Fsp3) is 0.0952. The molecule has 0 fully saturated rings. The highest BCUT2D eigenvalue weighted by molar-refractivity contribution is 6.32. The van der Waals surface area contributed by atoms with Crippen molar-refractivity contribution < 1.29 is 9.59 Å². The molecule has 0 aliphatic carbocycles. The second-order valence-corrected chi connectivity index (χ2v) is 6.05. The number of benzene rings is 3. The molecule has 4 nitrogen and oxygen atoms in total. The molecule has 0 N–H and O–H groups in total. The molecule has 122 valence electrons. The molecule has 0 unspecified atom stereocenters. The van der Waals surface area contributed by atoms with E-state index in [0.717, 1.165) is 10.8 Å². The van der Waals surface area contributed by atoms with Gasteiger partial charge in [-0.05, 0) is 29.8 Å². The monoisotopic (exact) mass is 328 g/mol. The first kappa shape index (κ1) is 15.3. The van der Waals surface area contributed by atoms with Crippen molar-refractivity contribution in [3.05, 3.63) is 78.4 Å². The van der Waals surface area contributed by atoms with Crippen LogP contribution in [0.3, 0.4) is 0 Å². The third-order valence-corrected chi connectivity index (χ3v) is 4.45. The molecule has 4 heteroatoms. The van der Waals surface area contributed by atoms with Gasteiger partial charge in [-0.15, -0.1) is 0 Å². The van der Waals surface area contributed by atoms with Crippen LogP contribution in [0.5, 0.6) is 0 Å². The maximum atomic E-state index is 13.1. The number of carbonyl (C=O) groups is 2. The Balaban J connectivity index is 1.74. The predicted octanol–water partition coefficient (Wildman–Crippen LogP) is 4.06. The van der Waals surface area contributed by atoms with Gasteiger partial charge < -0.3 is 0 Å². The summed E-state index contributed by atoms with van der Waals surface area (Å²) in [6, 6.07) is 22.4. The van der Waals surface area contributed by atoms with Gasteiger partial charge in [0.15, 0.2) is 5.78 Å². The van der Waals surface area contributed by atoms with Crippen molar-refractivity contribution in [2.75, 3.05) is 5.01 Å². The zero-order chi connectivity index (χ0) is 17.4. The molecule has 0 saturated heterocycles. The lowest BCUT2D eigenvalue weighted by Crippen LogP contribution is -2.32. The third kappa shape index (κ3) is 2.52. The second kappa shape index (κ2) is 5.98. The van der Waals surface area contributed by atoms with Crippen LogP contribution in [0, 0.1) is 5.92 Å². The van der Waals surface area contributed by atoms with Crippen LogP contribution in [-0.4, -0.2) is 17.4 Å². The minimum Gasteiger partial charge on any atom is -0.293 e. The number of hydrazone groups is 1. The molecule has 0 saturated carbocycles. The van der Waals surface area contributed by atoms with Crippen LogP contribution < -0.4 is 5.01 Å². The number of amides is 1. The summed E-state index contributed by atoms with van der Waals surface area (Å²) in [5, 5.41) is 7.49. The van der Waals surface area contributed by atoms with Crippen molar-refractivity contribution >= 4 is 33.9 Å². The maximum absolute atomic E-state index is 13.1. The summed E-state index contributed by atoms with van der Waals surface area (Å²) < 4.78 is 0. The summed E-state index contributed by atoms with van der Waals surface area (Å²) in [4.78, 5) is 26.0. The van der Waals surface area contributed by atoms with E-state index < -0.39 is 5.92 Å². The Labute approximate surface area is 145 Å². The first-order valence-corrected chi connectivity index (χ1v) is 8.13. The Hall–Kier alpha value is -3.27. The van der Waals surface area contributed by atoms with E-state index in [1.165, 1.54) is 5.01 Å². The summed E-state index contributed by atoms with van der Waals surface area (Å²) >= 11 is 0. The molecular formula is C21H16N2O2. The normalized spacial score (nSPS) is 17.0. The molecule has 0 aromatic heterocycles. The standard InChI is InChI=1S/C21H16N2O2/c1-14-19(21(25)23(22-14)16-10-3-2-4-11-16)20(24)18-13-7-9-15-8-5-6-12-17(15)18/h2-13,19H,1H3/t19-/m0/s1. The molecule has 25 heavy (non-hydrogen) atoms. The van der Waals surface area contributed by atoms with Crippen LogP contribution in [0.25, 0.3) is 10.8 Å². The van der Waals surface area contributed by atoms with E-state index in [9.17, 15) is 9.59 Å². The van der Waals surface area contributed by atoms with Crippen LogP contribution in [0.2, 0.25) is 0 Å². The van der Waals surface area contributed by atoms with E-state index in [4.69, 9.17) is 0 Å². The maximum Gasteiger partial charge on any atom is 0.264 e. The molecule has 1 amide bonds.